The number of allylic oxidation sites excluding steroid dienone is 6. The van der Waals surface area contributed by atoms with Crippen LogP contribution >= 0.6 is 0 Å². The summed E-state index contributed by atoms with van der Waals surface area (Å²) in [4.78, 5) is 25.4. The number of rotatable bonds is 51. The van der Waals surface area contributed by atoms with Crippen molar-refractivity contribution in [2.24, 2.45) is 0 Å². The fourth-order valence-corrected chi connectivity index (χ4v) is 8.01. The molecule has 0 saturated carbocycles. The van der Waals surface area contributed by atoms with Gasteiger partial charge in [0.15, 0.2) is 6.10 Å². The number of carbonyl (C=O) groups excluding carboxylic acids is 2. The number of hydrogen-bond donors (Lipinski definition) is 0. The summed E-state index contributed by atoms with van der Waals surface area (Å²) in [5, 5.41) is 0. The van der Waals surface area contributed by atoms with Gasteiger partial charge in [0.05, 0.1) is 6.61 Å². The van der Waals surface area contributed by atoms with Gasteiger partial charge in [-0.25, -0.2) is 0 Å². The Hall–Kier alpha value is -1.88. The molecule has 5 heteroatoms. The number of carbonyl (C=O) groups is 2. The minimum Gasteiger partial charge on any atom is -0.462 e. The first-order valence-corrected chi connectivity index (χ1v) is 27.5. The highest BCUT2D eigenvalue weighted by atomic mass is 16.6. The van der Waals surface area contributed by atoms with E-state index in [4.69, 9.17) is 14.2 Å². The van der Waals surface area contributed by atoms with E-state index in [0.29, 0.717) is 19.4 Å². The van der Waals surface area contributed by atoms with Crippen molar-refractivity contribution in [3.05, 3.63) is 36.5 Å². The van der Waals surface area contributed by atoms with Crippen molar-refractivity contribution in [3.63, 3.8) is 0 Å². The van der Waals surface area contributed by atoms with E-state index >= 15 is 0 Å². The molecule has 0 radical (unpaired) electrons. The Kier molecular flexibility index (Phi) is 51.8. The Bertz CT molecular complexity index is 986. The molecule has 0 saturated heterocycles. The zero-order valence-corrected chi connectivity index (χ0v) is 41.9. The van der Waals surface area contributed by atoms with Crippen LogP contribution in [0, 0.1) is 0 Å². The van der Waals surface area contributed by atoms with Gasteiger partial charge in [0.25, 0.3) is 0 Å². The summed E-state index contributed by atoms with van der Waals surface area (Å²) in [7, 11) is 0. The summed E-state index contributed by atoms with van der Waals surface area (Å²) in [6.07, 6.45) is 64.4. The molecule has 0 fully saturated rings. The molecule has 0 aromatic rings. The fourth-order valence-electron chi connectivity index (χ4n) is 8.01. The van der Waals surface area contributed by atoms with Crippen LogP contribution in [0.15, 0.2) is 36.5 Å². The standard InChI is InChI=1S/C57H106O5/c1-4-7-10-13-16-19-22-25-28-29-31-32-35-38-41-44-47-50-56(58)61-54-55(53-60-52-49-46-43-40-37-34-27-24-21-18-15-12-9-6-3)62-57(59)51-48-45-42-39-36-33-30-26-23-20-17-14-11-8-5-2/h17,20,25-26,28,30,55H,4-16,18-19,21-24,27,29,31-54H2,1-3H3/b20-17-,28-25-,30-26-. The Morgan fingerprint density at radius 3 is 1.11 bits per heavy atom. The van der Waals surface area contributed by atoms with Crippen LogP contribution in [0.1, 0.15) is 290 Å². The number of ether oxygens (including phenoxy) is 3. The Labute approximate surface area is 387 Å². The van der Waals surface area contributed by atoms with Crippen molar-refractivity contribution in [2.45, 2.75) is 297 Å². The van der Waals surface area contributed by atoms with Crippen LogP contribution in [0.25, 0.3) is 0 Å². The van der Waals surface area contributed by atoms with Gasteiger partial charge < -0.3 is 14.2 Å². The molecule has 364 valence electrons. The molecule has 0 amide bonds. The lowest BCUT2D eigenvalue weighted by molar-refractivity contribution is -0.163. The van der Waals surface area contributed by atoms with E-state index in [0.717, 1.165) is 51.4 Å². The average molecular weight is 871 g/mol. The normalized spacial score (nSPS) is 12.4. The van der Waals surface area contributed by atoms with Crippen LogP contribution < -0.4 is 0 Å². The molecule has 0 aromatic heterocycles. The van der Waals surface area contributed by atoms with Crippen LogP contribution in [0.5, 0.6) is 0 Å². The molecule has 1 unspecified atom stereocenters. The maximum Gasteiger partial charge on any atom is 0.306 e. The monoisotopic (exact) mass is 871 g/mol. The van der Waals surface area contributed by atoms with Gasteiger partial charge in [-0.3, -0.25) is 9.59 Å². The number of esters is 2. The van der Waals surface area contributed by atoms with Gasteiger partial charge in [0.2, 0.25) is 0 Å². The van der Waals surface area contributed by atoms with Crippen LogP contribution in [-0.4, -0.2) is 37.9 Å². The third-order valence-electron chi connectivity index (χ3n) is 12.1. The number of hydrogen-bond acceptors (Lipinski definition) is 5. The van der Waals surface area contributed by atoms with Gasteiger partial charge >= 0.3 is 11.9 Å². The van der Waals surface area contributed by atoms with E-state index in [9.17, 15) is 9.59 Å². The Balaban J connectivity index is 4.26. The van der Waals surface area contributed by atoms with Crippen molar-refractivity contribution in [1.29, 1.82) is 0 Å². The molecule has 0 rings (SSSR count). The third kappa shape index (κ3) is 50.8. The fraction of sp³-hybridized carbons (Fsp3) is 0.860. The van der Waals surface area contributed by atoms with Gasteiger partial charge in [-0.2, -0.15) is 0 Å². The molecule has 62 heavy (non-hydrogen) atoms. The second kappa shape index (κ2) is 53.5. The summed E-state index contributed by atoms with van der Waals surface area (Å²) in [5.74, 6) is -0.402. The van der Waals surface area contributed by atoms with Gasteiger partial charge in [-0.05, 0) is 77.0 Å². The molecule has 0 spiro atoms. The van der Waals surface area contributed by atoms with E-state index in [1.165, 1.54) is 205 Å². The topological polar surface area (TPSA) is 61.8 Å². The highest BCUT2D eigenvalue weighted by Gasteiger charge is 2.17. The molecule has 0 N–H and O–H groups in total. The van der Waals surface area contributed by atoms with Crippen molar-refractivity contribution >= 4 is 11.9 Å². The zero-order valence-electron chi connectivity index (χ0n) is 41.9. The van der Waals surface area contributed by atoms with Gasteiger partial charge in [-0.1, -0.05) is 237 Å². The lowest BCUT2D eigenvalue weighted by atomic mass is 10.0. The van der Waals surface area contributed by atoms with Crippen LogP contribution in [0.4, 0.5) is 0 Å². The molecular formula is C57H106O5. The average Bonchev–Trinajstić information content (AvgIpc) is 3.27. The van der Waals surface area contributed by atoms with Crippen LogP contribution in [0.2, 0.25) is 0 Å². The molecule has 0 aliphatic heterocycles. The van der Waals surface area contributed by atoms with E-state index in [1.54, 1.807) is 0 Å². The van der Waals surface area contributed by atoms with Crippen molar-refractivity contribution in [1.82, 2.24) is 0 Å². The largest absolute Gasteiger partial charge is 0.462 e. The van der Waals surface area contributed by atoms with E-state index in [1.807, 2.05) is 0 Å². The predicted molar refractivity (Wildman–Crippen MR) is 270 cm³/mol. The highest BCUT2D eigenvalue weighted by molar-refractivity contribution is 5.70. The SMILES string of the molecule is CCCCC/C=C\C/C=C\CCCCCCCC(=O)OC(COCCCCCCCCCCCCCCCC)COC(=O)CCCCCCCCC/C=C\CCCCCCCC. The van der Waals surface area contributed by atoms with Gasteiger partial charge in [0, 0.05) is 19.4 Å². The van der Waals surface area contributed by atoms with Crippen molar-refractivity contribution in [3.8, 4) is 0 Å². The maximum absolute atomic E-state index is 12.8. The van der Waals surface area contributed by atoms with Crippen molar-refractivity contribution < 1.29 is 23.8 Å². The summed E-state index contributed by atoms with van der Waals surface area (Å²) in [5.41, 5.74) is 0. The zero-order chi connectivity index (χ0) is 44.9. The molecular weight excluding hydrogens is 765 g/mol. The summed E-state index contributed by atoms with van der Waals surface area (Å²) in [6.45, 7) is 7.83. The second-order valence-electron chi connectivity index (χ2n) is 18.5. The Morgan fingerprint density at radius 2 is 0.677 bits per heavy atom. The molecule has 0 heterocycles. The first kappa shape index (κ1) is 60.1. The molecule has 0 aliphatic rings. The maximum atomic E-state index is 12.8. The minimum absolute atomic E-state index is 0.0822. The molecule has 0 bridgehead atoms. The van der Waals surface area contributed by atoms with Crippen molar-refractivity contribution in [2.75, 3.05) is 19.8 Å². The van der Waals surface area contributed by atoms with Gasteiger partial charge in [0.1, 0.15) is 6.61 Å². The summed E-state index contributed by atoms with van der Waals surface area (Å²) in [6, 6.07) is 0. The molecule has 0 aliphatic carbocycles. The first-order chi connectivity index (χ1) is 30.6. The smallest absolute Gasteiger partial charge is 0.306 e. The van der Waals surface area contributed by atoms with Crippen LogP contribution in [0.3, 0.4) is 0 Å². The summed E-state index contributed by atoms with van der Waals surface area (Å²) < 4.78 is 17.4. The first-order valence-electron chi connectivity index (χ1n) is 27.5. The van der Waals surface area contributed by atoms with Crippen LogP contribution in [-0.2, 0) is 23.8 Å². The third-order valence-corrected chi connectivity index (χ3v) is 12.1. The van der Waals surface area contributed by atoms with E-state index in [-0.39, 0.29) is 25.2 Å². The predicted octanol–water partition coefficient (Wildman–Crippen LogP) is 18.6. The molecule has 0 aromatic carbocycles. The quantitative estimate of drug-likeness (QED) is 0.0346. The molecule has 5 nitrogen and oxygen atoms in total. The molecule has 1 atom stereocenters. The van der Waals surface area contributed by atoms with Gasteiger partial charge in [-0.15, -0.1) is 0 Å². The Morgan fingerprint density at radius 1 is 0.355 bits per heavy atom. The summed E-state index contributed by atoms with van der Waals surface area (Å²) >= 11 is 0. The lowest BCUT2D eigenvalue weighted by Gasteiger charge is -2.18. The highest BCUT2D eigenvalue weighted by Crippen LogP contribution is 2.15. The van der Waals surface area contributed by atoms with E-state index in [2.05, 4.69) is 57.2 Å². The van der Waals surface area contributed by atoms with E-state index < -0.39 is 6.10 Å². The lowest BCUT2D eigenvalue weighted by Crippen LogP contribution is -2.30. The minimum atomic E-state index is -0.540. The second-order valence-corrected chi connectivity index (χ2v) is 18.5. The number of unbranched alkanes of at least 4 members (excludes halogenated alkanes) is 34.